The molecule has 2 aromatic carbocycles. The number of nitrogens with one attached hydrogen (secondary N) is 2. The van der Waals surface area contributed by atoms with Crippen molar-refractivity contribution in [3.8, 4) is 17.2 Å². The Morgan fingerprint density at radius 3 is 2.74 bits per heavy atom. The third kappa shape index (κ3) is 3.95. The maximum atomic E-state index is 14.7. The number of ether oxygens (including phenoxy) is 1. The van der Waals surface area contributed by atoms with E-state index in [-0.39, 0.29) is 22.2 Å². The van der Waals surface area contributed by atoms with Crippen LogP contribution in [-0.2, 0) is 0 Å². The van der Waals surface area contributed by atoms with Gasteiger partial charge >= 0.3 is 0 Å². The molecule has 0 aliphatic rings. The van der Waals surface area contributed by atoms with Crippen LogP contribution in [0.15, 0.2) is 60.9 Å². The van der Waals surface area contributed by atoms with Crippen LogP contribution in [0.2, 0.25) is 5.02 Å². The summed E-state index contributed by atoms with van der Waals surface area (Å²) < 4.78 is 35.2. The number of H-pyrrole nitrogens is 1. The van der Waals surface area contributed by atoms with Crippen molar-refractivity contribution in [1.82, 2.24) is 25.0 Å². The van der Waals surface area contributed by atoms with Crippen molar-refractivity contribution in [2.24, 2.45) is 0 Å². The third-order valence-corrected chi connectivity index (χ3v) is 5.38. The van der Waals surface area contributed by atoms with Crippen LogP contribution in [0.1, 0.15) is 16.2 Å². The van der Waals surface area contributed by atoms with E-state index in [0.29, 0.717) is 28.2 Å². The van der Waals surface area contributed by atoms with Crippen LogP contribution in [0.5, 0.6) is 11.5 Å². The molecule has 0 spiro atoms. The molecule has 0 unspecified atom stereocenters. The van der Waals surface area contributed by atoms with Crippen LogP contribution in [0.3, 0.4) is 0 Å². The number of benzene rings is 2. The van der Waals surface area contributed by atoms with Gasteiger partial charge in [-0.1, -0.05) is 16.8 Å². The first-order chi connectivity index (χ1) is 16.4. The van der Waals surface area contributed by atoms with Gasteiger partial charge in [-0.2, -0.15) is 0 Å². The number of aromatic amines is 1. The number of hydrogen-bond donors (Lipinski definition) is 2. The lowest BCUT2D eigenvalue weighted by Gasteiger charge is -2.10. The van der Waals surface area contributed by atoms with Crippen molar-refractivity contribution in [3.05, 3.63) is 89.0 Å². The number of aromatic nitrogens is 5. The van der Waals surface area contributed by atoms with Gasteiger partial charge in [-0.3, -0.25) is 4.79 Å². The van der Waals surface area contributed by atoms with E-state index in [9.17, 15) is 13.6 Å². The number of rotatable bonds is 5. The number of carbonyl (C=O) groups is 1. The van der Waals surface area contributed by atoms with E-state index in [1.54, 1.807) is 31.5 Å². The van der Waals surface area contributed by atoms with Crippen LogP contribution >= 0.6 is 11.6 Å². The molecule has 0 radical (unpaired) electrons. The molecule has 0 saturated heterocycles. The topological polar surface area (TPSA) is 97.7 Å². The quantitative estimate of drug-likeness (QED) is 0.349. The lowest BCUT2D eigenvalue weighted by Crippen LogP contribution is -2.14. The summed E-state index contributed by atoms with van der Waals surface area (Å²) in [6, 6.07) is 11.5. The largest absolute Gasteiger partial charge is 0.453 e. The highest BCUT2D eigenvalue weighted by molar-refractivity contribution is 6.30. The Kier molecular flexibility index (Phi) is 5.42. The minimum atomic E-state index is -0.667. The predicted octanol–water partition coefficient (Wildman–Crippen LogP) is 5.43. The second-order valence-electron chi connectivity index (χ2n) is 7.28. The van der Waals surface area contributed by atoms with E-state index >= 15 is 0 Å². The van der Waals surface area contributed by atoms with Crippen LogP contribution < -0.4 is 10.1 Å². The number of fused-ring (bicyclic) bond motifs is 1. The fourth-order valence-electron chi connectivity index (χ4n) is 3.40. The Morgan fingerprint density at radius 2 is 1.94 bits per heavy atom. The van der Waals surface area contributed by atoms with E-state index in [1.165, 1.54) is 35.0 Å². The zero-order valence-electron chi connectivity index (χ0n) is 17.5. The van der Waals surface area contributed by atoms with Gasteiger partial charge in [-0.25, -0.2) is 18.4 Å². The molecule has 1 amide bonds. The average Bonchev–Trinajstić information content (AvgIpc) is 3.45. The Labute approximate surface area is 196 Å². The molecule has 8 nitrogen and oxygen atoms in total. The van der Waals surface area contributed by atoms with Crippen LogP contribution in [-0.4, -0.2) is 30.9 Å². The number of pyridine rings is 1. The number of anilines is 1. The number of nitrogens with zero attached hydrogens (tertiary/aromatic N) is 4. The van der Waals surface area contributed by atoms with Gasteiger partial charge in [-0.05, 0) is 49.4 Å². The summed E-state index contributed by atoms with van der Waals surface area (Å²) in [6.07, 6.45) is 3.26. The molecule has 170 valence electrons. The van der Waals surface area contributed by atoms with Crippen molar-refractivity contribution in [2.45, 2.75) is 6.92 Å². The zero-order chi connectivity index (χ0) is 23.8. The standard InChI is InChI=1S/C23H15ClF2N6O2/c1-12-21(30-31-32(12)14-3-4-17(25)16(24)11-14)23(33)29-13-2-5-20(18(26)10-13)34-19-7-9-28-22-15(19)6-8-27-22/h2-11H,1H3,(H,27,28)(H,29,33). The molecular formula is C23H15ClF2N6O2. The Hall–Kier alpha value is -4.31. The number of hydrogen-bond acceptors (Lipinski definition) is 5. The number of amides is 1. The molecule has 3 heterocycles. The van der Waals surface area contributed by atoms with Gasteiger partial charge in [0.1, 0.15) is 17.2 Å². The summed E-state index contributed by atoms with van der Waals surface area (Å²) in [7, 11) is 0. The molecule has 11 heteroatoms. The van der Waals surface area contributed by atoms with Gasteiger partial charge in [0.05, 0.1) is 21.8 Å². The molecule has 0 fully saturated rings. The predicted molar refractivity (Wildman–Crippen MR) is 122 cm³/mol. The first-order valence-electron chi connectivity index (χ1n) is 9.99. The smallest absolute Gasteiger partial charge is 0.278 e. The summed E-state index contributed by atoms with van der Waals surface area (Å²) in [5.41, 5.74) is 1.68. The average molecular weight is 481 g/mol. The maximum absolute atomic E-state index is 14.7. The molecular weight excluding hydrogens is 466 g/mol. The summed E-state index contributed by atoms with van der Waals surface area (Å²) >= 11 is 5.83. The van der Waals surface area contributed by atoms with E-state index in [2.05, 4.69) is 25.6 Å². The fraction of sp³-hybridized carbons (Fsp3) is 0.0435. The van der Waals surface area contributed by atoms with Gasteiger partial charge < -0.3 is 15.0 Å². The van der Waals surface area contributed by atoms with Crippen molar-refractivity contribution >= 4 is 34.2 Å². The molecule has 0 bridgehead atoms. The van der Waals surface area contributed by atoms with E-state index in [0.717, 1.165) is 6.07 Å². The van der Waals surface area contributed by atoms with Crippen molar-refractivity contribution in [2.75, 3.05) is 5.32 Å². The van der Waals surface area contributed by atoms with Crippen LogP contribution in [0.25, 0.3) is 16.7 Å². The summed E-state index contributed by atoms with van der Waals surface area (Å²) in [5, 5.41) is 11.1. The van der Waals surface area contributed by atoms with Crippen molar-refractivity contribution in [1.29, 1.82) is 0 Å². The summed E-state index contributed by atoms with van der Waals surface area (Å²) in [5.74, 6) is -1.40. The second-order valence-corrected chi connectivity index (χ2v) is 7.69. The number of halogens is 3. The van der Waals surface area contributed by atoms with Gasteiger partial charge in [0.25, 0.3) is 5.91 Å². The van der Waals surface area contributed by atoms with E-state index in [1.807, 2.05) is 0 Å². The minimum Gasteiger partial charge on any atom is -0.453 e. The van der Waals surface area contributed by atoms with Crippen molar-refractivity contribution < 1.29 is 18.3 Å². The van der Waals surface area contributed by atoms with Gasteiger partial charge in [0.15, 0.2) is 17.3 Å². The Morgan fingerprint density at radius 1 is 1.09 bits per heavy atom. The van der Waals surface area contributed by atoms with E-state index in [4.69, 9.17) is 16.3 Å². The normalized spacial score (nSPS) is 11.1. The second kappa shape index (κ2) is 8.56. The lowest BCUT2D eigenvalue weighted by atomic mass is 10.2. The SMILES string of the molecule is Cc1c(C(=O)Nc2ccc(Oc3ccnc4[nH]ccc34)c(F)c2)nnn1-c1ccc(F)c(Cl)c1. The molecule has 3 aromatic heterocycles. The summed E-state index contributed by atoms with van der Waals surface area (Å²) in [4.78, 5) is 19.9. The summed E-state index contributed by atoms with van der Waals surface area (Å²) in [6.45, 7) is 1.63. The fourth-order valence-corrected chi connectivity index (χ4v) is 3.57. The van der Waals surface area contributed by atoms with Gasteiger partial charge in [0, 0.05) is 24.1 Å². The van der Waals surface area contributed by atoms with E-state index < -0.39 is 17.5 Å². The highest BCUT2D eigenvalue weighted by Gasteiger charge is 2.19. The highest BCUT2D eigenvalue weighted by Crippen LogP contribution is 2.31. The Balaban J connectivity index is 1.34. The van der Waals surface area contributed by atoms with Crippen LogP contribution in [0, 0.1) is 18.6 Å². The first kappa shape index (κ1) is 21.5. The molecule has 0 saturated carbocycles. The Bertz CT molecular complexity index is 1550. The van der Waals surface area contributed by atoms with Gasteiger partial charge in [0.2, 0.25) is 0 Å². The molecule has 5 aromatic rings. The monoisotopic (exact) mass is 480 g/mol. The first-order valence-corrected chi connectivity index (χ1v) is 10.4. The van der Waals surface area contributed by atoms with Crippen LogP contribution in [0.4, 0.5) is 14.5 Å². The third-order valence-electron chi connectivity index (χ3n) is 5.09. The molecule has 2 N–H and O–H groups in total. The zero-order valence-corrected chi connectivity index (χ0v) is 18.3. The molecule has 0 aliphatic carbocycles. The minimum absolute atomic E-state index is 0.0120. The molecule has 5 rings (SSSR count). The van der Waals surface area contributed by atoms with Crippen molar-refractivity contribution in [3.63, 3.8) is 0 Å². The molecule has 0 atom stereocenters. The maximum Gasteiger partial charge on any atom is 0.278 e. The van der Waals surface area contributed by atoms with Gasteiger partial charge in [-0.15, -0.1) is 5.10 Å². The number of carbonyl (C=O) groups excluding carboxylic acids is 1. The highest BCUT2D eigenvalue weighted by atomic mass is 35.5. The lowest BCUT2D eigenvalue weighted by molar-refractivity contribution is 0.102. The molecule has 0 aliphatic heterocycles. The molecule has 34 heavy (non-hydrogen) atoms.